The lowest BCUT2D eigenvalue weighted by atomic mass is 9.78. The fourth-order valence-corrected chi connectivity index (χ4v) is 2.56. The van der Waals surface area contributed by atoms with Gasteiger partial charge in [-0.05, 0) is 32.1 Å². The summed E-state index contributed by atoms with van der Waals surface area (Å²) in [6.07, 6.45) is 9.69. The molecule has 0 spiro atoms. The average molecular weight is 208 g/mol. The van der Waals surface area contributed by atoms with Crippen molar-refractivity contribution in [1.82, 2.24) is 0 Å². The number of hydrogen-bond donors (Lipinski definition) is 0. The Morgan fingerprint density at radius 1 is 1.20 bits per heavy atom. The SMILES string of the molecule is CC/C=C/CCC1(C)CCC(C)(C)C1=O. The van der Waals surface area contributed by atoms with E-state index in [0.29, 0.717) is 5.78 Å². The molecule has 0 amide bonds. The Morgan fingerprint density at radius 3 is 2.33 bits per heavy atom. The van der Waals surface area contributed by atoms with Gasteiger partial charge in [0.2, 0.25) is 0 Å². The largest absolute Gasteiger partial charge is 0.298 e. The summed E-state index contributed by atoms with van der Waals surface area (Å²) < 4.78 is 0. The van der Waals surface area contributed by atoms with Crippen molar-refractivity contribution >= 4 is 5.78 Å². The molecule has 0 aromatic heterocycles. The van der Waals surface area contributed by atoms with Gasteiger partial charge in [0.1, 0.15) is 5.78 Å². The van der Waals surface area contributed by atoms with Gasteiger partial charge in [0.25, 0.3) is 0 Å². The summed E-state index contributed by atoms with van der Waals surface area (Å²) in [4.78, 5) is 12.2. The molecule has 0 bridgehead atoms. The number of carbonyl (C=O) groups is 1. The summed E-state index contributed by atoms with van der Waals surface area (Å²) in [7, 11) is 0. The zero-order chi connectivity index (χ0) is 11.5. The van der Waals surface area contributed by atoms with Gasteiger partial charge in [-0.1, -0.05) is 39.8 Å². The molecule has 0 N–H and O–H groups in total. The second-order valence-corrected chi connectivity index (χ2v) is 5.69. The fourth-order valence-electron chi connectivity index (χ4n) is 2.56. The van der Waals surface area contributed by atoms with Crippen molar-refractivity contribution in [2.45, 2.75) is 59.8 Å². The Balaban J connectivity index is 2.54. The van der Waals surface area contributed by atoms with Crippen molar-refractivity contribution in [3.05, 3.63) is 12.2 Å². The molecule has 1 aliphatic rings. The predicted molar refractivity (Wildman–Crippen MR) is 64.8 cm³/mol. The van der Waals surface area contributed by atoms with E-state index in [9.17, 15) is 4.79 Å². The first-order valence-corrected chi connectivity index (χ1v) is 6.12. The van der Waals surface area contributed by atoms with Gasteiger partial charge in [-0.15, -0.1) is 0 Å². The van der Waals surface area contributed by atoms with Crippen LogP contribution in [0.3, 0.4) is 0 Å². The van der Waals surface area contributed by atoms with E-state index in [1.807, 2.05) is 0 Å². The first-order valence-electron chi connectivity index (χ1n) is 6.12. The molecule has 0 aromatic rings. The normalized spacial score (nSPS) is 30.3. The van der Waals surface area contributed by atoms with Crippen LogP contribution in [0.15, 0.2) is 12.2 Å². The number of hydrogen-bond acceptors (Lipinski definition) is 1. The molecule has 86 valence electrons. The van der Waals surface area contributed by atoms with E-state index in [2.05, 4.69) is 39.8 Å². The first kappa shape index (κ1) is 12.5. The van der Waals surface area contributed by atoms with E-state index < -0.39 is 0 Å². The molecule has 0 radical (unpaired) electrons. The molecule has 1 fully saturated rings. The molecular formula is C14H24O. The third-order valence-electron chi connectivity index (χ3n) is 3.73. The van der Waals surface area contributed by atoms with E-state index in [4.69, 9.17) is 0 Å². The van der Waals surface area contributed by atoms with Gasteiger partial charge >= 0.3 is 0 Å². The summed E-state index contributed by atoms with van der Waals surface area (Å²) in [5, 5.41) is 0. The van der Waals surface area contributed by atoms with Crippen LogP contribution in [0.5, 0.6) is 0 Å². The highest BCUT2D eigenvalue weighted by atomic mass is 16.1. The van der Waals surface area contributed by atoms with Gasteiger partial charge in [0.05, 0.1) is 0 Å². The maximum Gasteiger partial charge on any atom is 0.144 e. The molecule has 1 unspecified atom stereocenters. The Labute approximate surface area is 93.9 Å². The monoisotopic (exact) mass is 208 g/mol. The molecule has 1 nitrogen and oxygen atoms in total. The summed E-state index contributed by atoms with van der Waals surface area (Å²) in [6.45, 7) is 8.46. The molecule has 1 saturated carbocycles. The minimum Gasteiger partial charge on any atom is -0.298 e. The van der Waals surface area contributed by atoms with Crippen molar-refractivity contribution < 1.29 is 4.79 Å². The molecular weight excluding hydrogens is 184 g/mol. The molecule has 15 heavy (non-hydrogen) atoms. The van der Waals surface area contributed by atoms with Crippen molar-refractivity contribution in [2.24, 2.45) is 10.8 Å². The summed E-state index contributed by atoms with van der Waals surface area (Å²) in [5.74, 6) is 0.472. The topological polar surface area (TPSA) is 17.1 Å². The van der Waals surface area contributed by atoms with Crippen LogP contribution in [0.1, 0.15) is 59.8 Å². The molecule has 0 aliphatic heterocycles. The Morgan fingerprint density at radius 2 is 1.87 bits per heavy atom. The van der Waals surface area contributed by atoms with Crippen LogP contribution in [0.25, 0.3) is 0 Å². The average Bonchev–Trinajstić information content (AvgIpc) is 2.39. The van der Waals surface area contributed by atoms with E-state index in [1.54, 1.807) is 0 Å². The Hall–Kier alpha value is -0.590. The fraction of sp³-hybridized carbons (Fsp3) is 0.786. The van der Waals surface area contributed by atoms with Crippen LogP contribution in [0.2, 0.25) is 0 Å². The van der Waals surface area contributed by atoms with Crippen molar-refractivity contribution in [3.8, 4) is 0 Å². The van der Waals surface area contributed by atoms with Crippen LogP contribution in [0.4, 0.5) is 0 Å². The maximum atomic E-state index is 12.2. The van der Waals surface area contributed by atoms with Crippen molar-refractivity contribution in [2.75, 3.05) is 0 Å². The third kappa shape index (κ3) is 2.70. The number of allylic oxidation sites excluding steroid dienone is 2. The zero-order valence-corrected chi connectivity index (χ0v) is 10.6. The summed E-state index contributed by atoms with van der Waals surface area (Å²) in [6, 6.07) is 0. The van der Waals surface area contributed by atoms with Crippen LogP contribution in [0, 0.1) is 10.8 Å². The van der Waals surface area contributed by atoms with Crippen LogP contribution in [-0.2, 0) is 4.79 Å². The zero-order valence-electron chi connectivity index (χ0n) is 10.6. The smallest absolute Gasteiger partial charge is 0.144 e. The Kier molecular flexibility index (Phi) is 3.75. The van der Waals surface area contributed by atoms with E-state index in [1.165, 1.54) is 0 Å². The minimum absolute atomic E-state index is 0.0540. The van der Waals surface area contributed by atoms with Crippen molar-refractivity contribution in [1.29, 1.82) is 0 Å². The number of ketones is 1. The van der Waals surface area contributed by atoms with Crippen LogP contribution in [-0.4, -0.2) is 5.78 Å². The van der Waals surface area contributed by atoms with Crippen LogP contribution < -0.4 is 0 Å². The van der Waals surface area contributed by atoms with E-state index >= 15 is 0 Å². The van der Waals surface area contributed by atoms with Gasteiger partial charge in [-0.3, -0.25) is 4.79 Å². The number of Topliss-reactive ketones (excluding diaryl/α,β-unsaturated/α-hetero) is 1. The highest BCUT2D eigenvalue weighted by Crippen LogP contribution is 2.47. The maximum absolute atomic E-state index is 12.2. The predicted octanol–water partition coefficient (Wildman–Crippen LogP) is 4.13. The van der Waals surface area contributed by atoms with Gasteiger partial charge in [0.15, 0.2) is 0 Å². The molecule has 0 aromatic carbocycles. The molecule has 1 aliphatic carbocycles. The molecule has 0 heterocycles. The van der Waals surface area contributed by atoms with Gasteiger partial charge in [0, 0.05) is 10.8 Å². The Bertz CT molecular complexity index is 263. The summed E-state index contributed by atoms with van der Waals surface area (Å²) >= 11 is 0. The standard InChI is InChI=1S/C14H24O/c1-5-6-7-8-9-14(4)11-10-13(2,3)12(14)15/h6-7H,5,8-11H2,1-4H3/b7-6+. The van der Waals surface area contributed by atoms with Crippen molar-refractivity contribution in [3.63, 3.8) is 0 Å². The van der Waals surface area contributed by atoms with Gasteiger partial charge in [-0.2, -0.15) is 0 Å². The van der Waals surface area contributed by atoms with E-state index in [-0.39, 0.29) is 10.8 Å². The third-order valence-corrected chi connectivity index (χ3v) is 3.73. The number of rotatable bonds is 4. The number of carbonyl (C=O) groups excluding carboxylic acids is 1. The lowest BCUT2D eigenvalue weighted by Gasteiger charge is -2.24. The minimum atomic E-state index is -0.0801. The highest BCUT2D eigenvalue weighted by molar-refractivity contribution is 5.91. The summed E-state index contributed by atoms with van der Waals surface area (Å²) in [5.41, 5.74) is -0.134. The van der Waals surface area contributed by atoms with Gasteiger partial charge in [-0.25, -0.2) is 0 Å². The molecule has 1 atom stereocenters. The quantitative estimate of drug-likeness (QED) is 0.635. The highest BCUT2D eigenvalue weighted by Gasteiger charge is 2.47. The van der Waals surface area contributed by atoms with Gasteiger partial charge < -0.3 is 0 Å². The second kappa shape index (κ2) is 4.51. The molecule has 0 saturated heterocycles. The first-order chi connectivity index (χ1) is 6.92. The second-order valence-electron chi connectivity index (χ2n) is 5.69. The lowest BCUT2D eigenvalue weighted by Crippen LogP contribution is -2.29. The lowest BCUT2D eigenvalue weighted by molar-refractivity contribution is -0.132. The molecule has 1 heteroatoms. The molecule has 1 rings (SSSR count). The van der Waals surface area contributed by atoms with E-state index in [0.717, 1.165) is 32.1 Å². The van der Waals surface area contributed by atoms with Crippen LogP contribution >= 0.6 is 0 Å².